The highest BCUT2D eigenvalue weighted by atomic mass is 16.2. The van der Waals surface area contributed by atoms with E-state index in [1.807, 2.05) is 30.3 Å². The average Bonchev–Trinajstić information content (AvgIpc) is 2.98. The molecule has 104 valence electrons. The molecule has 4 nitrogen and oxygen atoms in total. The minimum Gasteiger partial charge on any atom is -0.324 e. The van der Waals surface area contributed by atoms with Crippen LogP contribution in [0.4, 0.5) is 5.69 Å². The van der Waals surface area contributed by atoms with Gasteiger partial charge in [-0.05, 0) is 49.1 Å². The molecule has 2 aromatic rings. The van der Waals surface area contributed by atoms with Crippen LogP contribution in [-0.2, 0) is 23.1 Å². The zero-order valence-corrected chi connectivity index (χ0v) is 11.6. The van der Waals surface area contributed by atoms with E-state index in [0.717, 1.165) is 22.5 Å². The van der Waals surface area contributed by atoms with Gasteiger partial charge in [-0.2, -0.15) is 0 Å². The number of nitrogens with one attached hydrogen (secondary N) is 1. The van der Waals surface area contributed by atoms with Crippen molar-refractivity contribution < 1.29 is 9.59 Å². The Hall–Kier alpha value is -2.49. The van der Waals surface area contributed by atoms with Crippen LogP contribution in [0.3, 0.4) is 0 Å². The van der Waals surface area contributed by atoms with Gasteiger partial charge in [0.25, 0.3) is 0 Å². The molecule has 0 radical (unpaired) electrons. The maximum Gasteiger partial charge on any atom is 0.237 e. The zero-order chi connectivity index (χ0) is 14.6. The van der Waals surface area contributed by atoms with Gasteiger partial charge in [-0.1, -0.05) is 12.1 Å². The normalized spacial score (nSPS) is 22.0. The van der Waals surface area contributed by atoms with Gasteiger partial charge in [0.15, 0.2) is 5.78 Å². The summed E-state index contributed by atoms with van der Waals surface area (Å²) in [5, 5.41) is 2.93. The smallest absolute Gasteiger partial charge is 0.237 e. The molecular formula is C17H14N2O2. The number of fused-ring (bicyclic) bond motifs is 3. The number of carbonyl (C=O) groups is 2. The molecule has 1 aromatic carbocycles. The number of pyridine rings is 1. The van der Waals surface area contributed by atoms with Gasteiger partial charge in [-0.15, -0.1) is 0 Å². The first kappa shape index (κ1) is 12.3. The summed E-state index contributed by atoms with van der Waals surface area (Å²) < 4.78 is 0. The van der Waals surface area contributed by atoms with Gasteiger partial charge in [0, 0.05) is 11.8 Å². The second-order valence-electron chi connectivity index (χ2n) is 5.83. The molecule has 1 aromatic heterocycles. The van der Waals surface area contributed by atoms with Gasteiger partial charge in [0.2, 0.25) is 5.91 Å². The number of nitrogens with zero attached hydrogens (tertiary/aromatic N) is 1. The number of aromatic nitrogens is 1. The molecular weight excluding hydrogens is 264 g/mol. The quantitative estimate of drug-likeness (QED) is 0.814. The van der Waals surface area contributed by atoms with E-state index in [-0.39, 0.29) is 11.7 Å². The number of ketones is 1. The van der Waals surface area contributed by atoms with Crippen molar-refractivity contribution in [2.75, 3.05) is 5.32 Å². The number of rotatable bonds is 1. The van der Waals surface area contributed by atoms with Crippen LogP contribution < -0.4 is 5.32 Å². The van der Waals surface area contributed by atoms with Gasteiger partial charge in [-0.3, -0.25) is 14.6 Å². The second kappa shape index (κ2) is 4.01. The number of hydrogen-bond donors (Lipinski definition) is 1. The molecule has 1 spiro atoms. The number of amides is 1. The highest BCUT2D eigenvalue weighted by molar-refractivity contribution is 6.06. The van der Waals surface area contributed by atoms with Crippen LogP contribution in [-0.4, -0.2) is 16.7 Å². The minimum absolute atomic E-state index is 0.0109. The van der Waals surface area contributed by atoms with Crippen LogP contribution in [0.5, 0.6) is 0 Å². The highest BCUT2D eigenvalue weighted by Gasteiger charge is 2.51. The van der Waals surface area contributed by atoms with Crippen LogP contribution in [0.15, 0.2) is 36.5 Å². The van der Waals surface area contributed by atoms with Gasteiger partial charge >= 0.3 is 0 Å². The van der Waals surface area contributed by atoms with Gasteiger partial charge in [0.05, 0.1) is 11.4 Å². The molecule has 2 aliphatic rings. The maximum atomic E-state index is 12.5. The first-order valence-corrected chi connectivity index (χ1v) is 7.00. The van der Waals surface area contributed by atoms with E-state index in [0.29, 0.717) is 18.4 Å². The molecule has 1 aliphatic carbocycles. The Bertz CT molecular complexity index is 797. The van der Waals surface area contributed by atoms with Crippen molar-refractivity contribution in [2.45, 2.75) is 25.2 Å². The third-order valence-corrected chi connectivity index (χ3v) is 4.54. The predicted octanol–water partition coefficient (Wildman–Crippen LogP) is 2.27. The minimum atomic E-state index is -0.603. The lowest BCUT2D eigenvalue weighted by Gasteiger charge is -2.19. The van der Waals surface area contributed by atoms with E-state index >= 15 is 0 Å². The Labute approximate surface area is 122 Å². The van der Waals surface area contributed by atoms with Gasteiger partial charge < -0.3 is 5.32 Å². The lowest BCUT2D eigenvalue weighted by atomic mass is 9.82. The van der Waals surface area contributed by atoms with E-state index in [1.165, 1.54) is 0 Å². The summed E-state index contributed by atoms with van der Waals surface area (Å²) in [6.45, 7) is 1.56. The lowest BCUT2D eigenvalue weighted by molar-refractivity contribution is -0.120. The third kappa shape index (κ3) is 1.59. The van der Waals surface area contributed by atoms with E-state index in [2.05, 4.69) is 10.3 Å². The van der Waals surface area contributed by atoms with Crippen LogP contribution in [0, 0.1) is 0 Å². The maximum absolute atomic E-state index is 12.5. The van der Waals surface area contributed by atoms with Crippen molar-refractivity contribution in [3.8, 4) is 0 Å². The van der Waals surface area contributed by atoms with Crippen LogP contribution >= 0.6 is 0 Å². The summed E-state index contributed by atoms with van der Waals surface area (Å²) in [6.07, 6.45) is 2.99. The molecule has 4 heteroatoms. The molecule has 1 unspecified atom stereocenters. The Kier molecular flexibility index (Phi) is 2.34. The molecule has 1 amide bonds. The zero-order valence-electron chi connectivity index (χ0n) is 11.6. The van der Waals surface area contributed by atoms with E-state index in [9.17, 15) is 9.59 Å². The van der Waals surface area contributed by atoms with Crippen LogP contribution in [0.1, 0.15) is 34.1 Å². The Balaban J connectivity index is 1.83. The van der Waals surface area contributed by atoms with Crippen molar-refractivity contribution in [1.29, 1.82) is 0 Å². The first-order valence-electron chi connectivity index (χ1n) is 7.00. The van der Waals surface area contributed by atoms with Gasteiger partial charge in [-0.25, -0.2) is 0 Å². The summed E-state index contributed by atoms with van der Waals surface area (Å²) in [7, 11) is 0. The predicted molar refractivity (Wildman–Crippen MR) is 78.4 cm³/mol. The molecule has 2 heterocycles. The van der Waals surface area contributed by atoms with Crippen molar-refractivity contribution in [2.24, 2.45) is 0 Å². The molecule has 0 fully saturated rings. The monoisotopic (exact) mass is 278 g/mol. The van der Waals surface area contributed by atoms with Crippen molar-refractivity contribution in [3.05, 3.63) is 58.9 Å². The number of hydrogen-bond acceptors (Lipinski definition) is 3. The SMILES string of the molecule is CC(=O)c1ccc2c(c1)CC1(C2)C(=O)Nc2cccnc21. The fourth-order valence-electron chi connectivity index (χ4n) is 3.46. The molecule has 1 atom stereocenters. The standard InChI is InChI=1S/C17H14N2O2/c1-10(20)11-4-5-12-8-17(9-13(12)7-11)15-14(19-16(17)21)3-2-6-18-15/h2-7H,8-9H2,1H3,(H,19,21). The molecule has 1 N–H and O–H groups in total. The molecule has 0 saturated heterocycles. The summed E-state index contributed by atoms with van der Waals surface area (Å²) in [6, 6.07) is 9.44. The molecule has 21 heavy (non-hydrogen) atoms. The van der Waals surface area contributed by atoms with E-state index in [1.54, 1.807) is 13.1 Å². The average molecular weight is 278 g/mol. The summed E-state index contributed by atoms with van der Waals surface area (Å²) in [5.74, 6) is 0.0601. The first-order chi connectivity index (χ1) is 10.1. The van der Waals surface area contributed by atoms with E-state index in [4.69, 9.17) is 0 Å². The molecule has 4 rings (SSSR count). The molecule has 0 saturated carbocycles. The number of carbonyl (C=O) groups excluding carboxylic acids is 2. The number of anilines is 1. The van der Waals surface area contributed by atoms with Crippen molar-refractivity contribution >= 4 is 17.4 Å². The topological polar surface area (TPSA) is 59.1 Å². The Morgan fingerprint density at radius 2 is 2.05 bits per heavy atom. The summed E-state index contributed by atoms with van der Waals surface area (Å²) in [4.78, 5) is 28.5. The summed E-state index contributed by atoms with van der Waals surface area (Å²) in [5.41, 5.74) is 3.95. The number of benzene rings is 1. The van der Waals surface area contributed by atoms with Crippen LogP contribution in [0.2, 0.25) is 0 Å². The van der Waals surface area contributed by atoms with Crippen molar-refractivity contribution in [3.63, 3.8) is 0 Å². The molecule has 0 bridgehead atoms. The Morgan fingerprint density at radius 3 is 2.86 bits per heavy atom. The largest absolute Gasteiger partial charge is 0.324 e. The third-order valence-electron chi connectivity index (χ3n) is 4.54. The fourth-order valence-corrected chi connectivity index (χ4v) is 3.46. The summed E-state index contributed by atoms with van der Waals surface area (Å²) >= 11 is 0. The van der Waals surface area contributed by atoms with Crippen molar-refractivity contribution in [1.82, 2.24) is 4.98 Å². The second-order valence-corrected chi connectivity index (χ2v) is 5.83. The highest BCUT2D eigenvalue weighted by Crippen LogP contribution is 2.46. The Morgan fingerprint density at radius 1 is 1.24 bits per heavy atom. The van der Waals surface area contributed by atoms with E-state index < -0.39 is 5.41 Å². The molecule has 1 aliphatic heterocycles. The lowest BCUT2D eigenvalue weighted by Crippen LogP contribution is -2.35. The van der Waals surface area contributed by atoms with Crippen LogP contribution in [0.25, 0.3) is 0 Å². The number of Topliss-reactive ketones (excluding diaryl/α,β-unsaturated/α-hetero) is 1. The fraction of sp³-hybridized carbons (Fsp3) is 0.235. The van der Waals surface area contributed by atoms with Gasteiger partial charge in [0.1, 0.15) is 5.41 Å².